The first-order valence-electron chi connectivity index (χ1n) is 6.28. The number of H-pyrrole nitrogens is 1. The van der Waals surface area contributed by atoms with E-state index in [1.807, 2.05) is 19.9 Å². The highest BCUT2D eigenvalue weighted by Gasteiger charge is 2.08. The molecule has 1 heterocycles. The van der Waals surface area contributed by atoms with Crippen molar-refractivity contribution in [3.05, 3.63) is 41.0 Å². The standard InChI is InChI=1S/C14H16ClN3O2/c1-9(2)12-7-13(18-17-12)16-14(19)8-20-11-5-3-10(15)4-6-11/h3-7,9H,8H2,1-2H3,(H2,16,17,18,19). The molecule has 0 fully saturated rings. The number of benzene rings is 1. The van der Waals surface area contributed by atoms with E-state index in [9.17, 15) is 4.79 Å². The summed E-state index contributed by atoms with van der Waals surface area (Å²) < 4.78 is 5.34. The Labute approximate surface area is 122 Å². The van der Waals surface area contributed by atoms with Gasteiger partial charge in [-0.1, -0.05) is 25.4 Å². The normalized spacial score (nSPS) is 10.6. The van der Waals surface area contributed by atoms with Crippen molar-refractivity contribution >= 4 is 23.3 Å². The number of hydrogen-bond donors (Lipinski definition) is 2. The summed E-state index contributed by atoms with van der Waals surface area (Å²) in [6.07, 6.45) is 0. The fourth-order valence-electron chi connectivity index (χ4n) is 1.56. The predicted octanol–water partition coefficient (Wildman–Crippen LogP) is 3.20. The first-order valence-corrected chi connectivity index (χ1v) is 6.66. The zero-order chi connectivity index (χ0) is 14.5. The van der Waals surface area contributed by atoms with Crippen molar-refractivity contribution in [2.24, 2.45) is 0 Å². The van der Waals surface area contributed by atoms with E-state index in [1.165, 1.54) is 0 Å². The second-order valence-corrected chi connectivity index (χ2v) is 5.09. The summed E-state index contributed by atoms with van der Waals surface area (Å²) in [7, 11) is 0. The molecule has 20 heavy (non-hydrogen) atoms. The van der Waals surface area contributed by atoms with Gasteiger partial charge in [-0.3, -0.25) is 9.89 Å². The SMILES string of the molecule is CC(C)c1cc(NC(=O)COc2ccc(Cl)cc2)n[nH]1. The lowest BCUT2D eigenvalue weighted by Gasteiger charge is -2.05. The quantitative estimate of drug-likeness (QED) is 0.889. The zero-order valence-electron chi connectivity index (χ0n) is 11.3. The summed E-state index contributed by atoms with van der Waals surface area (Å²) in [5.41, 5.74) is 0.971. The van der Waals surface area contributed by atoms with Gasteiger partial charge in [0, 0.05) is 16.8 Å². The Morgan fingerprint density at radius 1 is 1.40 bits per heavy atom. The van der Waals surface area contributed by atoms with Gasteiger partial charge in [0.15, 0.2) is 12.4 Å². The smallest absolute Gasteiger partial charge is 0.263 e. The molecule has 0 spiro atoms. The number of aromatic nitrogens is 2. The third kappa shape index (κ3) is 3.99. The van der Waals surface area contributed by atoms with Crippen molar-refractivity contribution in [1.29, 1.82) is 0 Å². The molecular formula is C14H16ClN3O2. The van der Waals surface area contributed by atoms with Gasteiger partial charge >= 0.3 is 0 Å². The lowest BCUT2D eigenvalue weighted by Crippen LogP contribution is -2.20. The minimum absolute atomic E-state index is 0.0779. The van der Waals surface area contributed by atoms with Crippen molar-refractivity contribution in [3.8, 4) is 5.75 Å². The second-order valence-electron chi connectivity index (χ2n) is 4.65. The van der Waals surface area contributed by atoms with Crippen molar-refractivity contribution < 1.29 is 9.53 Å². The second kappa shape index (κ2) is 6.43. The number of nitrogens with zero attached hydrogens (tertiary/aromatic N) is 1. The van der Waals surface area contributed by atoms with E-state index in [4.69, 9.17) is 16.3 Å². The number of ether oxygens (including phenoxy) is 1. The van der Waals surface area contributed by atoms with E-state index >= 15 is 0 Å². The van der Waals surface area contributed by atoms with Crippen LogP contribution in [0.2, 0.25) is 5.02 Å². The number of anilines is 1. The molecule has 0 bridgehead atoms. The number of hydrogen-bond acceptors (Lipinski definition) is 3. The Hall–Kier alpha value is -2.01. The van der Waals surface area contributed by atoms with Gasteiger partial charge in [-0.05, 0) is 30.2 Å². The Morgan fingerprint density at radius 3 is 2.70 bits per heavy atom. The minimum Gasteiger partial charge on any atom is -0.484 e. The molecule has 0 saturated heterocycles. The largest absolute Gasteiger partial charge is 0.484 e. The van der Waals surface area contributed by atoms with E-state index in [-0.39, 0.29) is 12.5 Å². The lowest BCUT2D eigenvalue weighted by molar-refractivity contribution is -0.118. The molecule has 0 aliphatic carbocycles. The topological polar surface area (TPSA) is 67.0 Å². The predicted molar refractivity (Wildman–Crippen MR) is 78.3 cm³/mol. The summed E-state index contributed by atoms with van der Waals surface area (Å²) in [5, 5.41) is 10.2. The molecule has 6 heteroatoms. The molecule has 0 atom stereocenters. The molecule has 0 unspecified atom stereocenters. The van der Waals surface area contributed by atoms with Crippen LogP contribution in [0.5, 0.6) is 5.75 Å². The van der Waals surface area contributed by atoms with Crippen LogP contribution in [0.4, 0.5) is 5.82 Å². The van der Waals surface area contributed by atoms with Gasteiger partial charge in [0.05, 0.1) is 0 Å². The Morgan fingerprint density at radius 2 is 2.10 bits per heavy atom. The number of aromatic amines is 1. The minimum atomic E-state index is -0.262. The number of rotatable bonds is 5. The monoisotopic (exact) mass is 293 g/mol. The fourth-order valence-corrected chi connectivity index (χ4v) is 1.68. The van der Waals surface area contributed by atoms with Gasteiger partial charge < -0.3 is 10.1 Å². The highest BCUT2D eigenvalue weighted by atomic mass is 35.5. The van der Waals surface area contributed by atoms with Gasteiger partial charge in [0.2, 0.25) is 0 Å². The molecule has 106 valence electrons. The maximum atomic E-state index is 11.7. The third-order valence-electron chi connectivity index (χ3n) is 2.67. The fraction of sp³-hybridized carbons (Fsp3) is 0.286. The first-order chi connectivity index (χ1) is 9.54. The number of halogens is 1. The Bertz CT molecular complexity index is 578. The van der Waals surface area contributed by atoms with E-state index < -0.39 is 0 Å². The van der Waals surface area contributed by atoms with Crippen LogP contribution in [-0.2, 0) is 4.79 Å². The van der Waals surface area contributed by atoms with Gasteiger partial charge in [0.25, 0.3) is 5.91 Å². The molecule has 0 radical (unpaired) electrons. The van der Waals surface area contributed by atoms with E-state index in [2.05, 4.69) is 15.5 Å². The third-order valence-corrected chi connectivity index (χ3v) is 2.92. The Kier molecular flexibility index (Phi) is 4.63. The number of carbonyl (C=O) groups excluding carboxylic acids is 1. The molecule has 0 aliphatic rings. The summed E-state index contributed by atoms with van der Waals surface area (Å²) in [6.45, 7) is 4.01. The van der Waals surface area contributed by atoms with Crippen LogP contribution in [0.25, 0.3) is 0 Å². The van der Waals surface area contributed by atoms with Crippen LogP contribution in [0.3, 0.4) is 0 Å². The molecule has 1 aromatic heterocycles. The molecule has 1 amide bonds. The number of carbonyl (C=O) groups is 1. The summed E-state index contributed by atoms with van der Waals surface area (Å²) in [5.74, 6) is 1.16. The van der Waals surface area contributed by atoms with Crippen LogP contribution in [0, 0.1) is 0 Å². The van der Waals surface area contributed by atoms with E-state index in [0.717, 1.165) is 5.69 Å². The van der Waals surface area contributed by atoms with Crippen molar-refractivity contribution in [2.45, 2.75) is 19.8 Å². The van der Waals surface area contributed by atoms with Crippen molar-refractivity contribution in [3.63, 3.8) is 0 Å². The highest BCUT2D eigenvalue weighted by Crippen LogP contribution is 2.16. The average molecular weight is 294 g/mol. The van der Waals surface area contributed by atoms with Gasteiger partial charge in [0.1, 0.15) is 5.75 Å². The van der Waals surface area contributed by atoms with Crippen LogP contribution < -0.4 is 10.1 Å². The highest BCUT2D eigenvalue weighted by molar-refractivity contribution is 6.30. The van der Waals surface area contributed by atoms with Gasteiger partial charge in [-0.2, -0.15) is 5.10 Å². The van der Waals surface area contributed by atoms with Crippen LogP contribution in [0.15, 0.2) is 30.3 Å². The molecule has 2 N–H and O–H groups in total. The van der Waals surface area contributed by atoms with Gasteiger partial charge in [-0.25, -0.2) is 0 Å². The summed E-state index contributed by atoms with van der Waals surface area (Å²) in [4.78, 5) is 11.7. The van der Waals surface area contributed by atoms with Crippen LogP contribution in [-0.4, -0.2) is 22.7 Å². The van der Waals surface area contributed by atoms with Crippen molar-refractivity contribution in [1.82, 2.24) is 10.2 Å². The maximum absolute atomic E-state index is 11.7. The first kappa shape index (κ1) is 14.4. The molecule has 1 aromatic carbocycles. The Balaban J connectivity index is 1.84. The molecule has 5 nitrogen and oxygen atoms in total. The molecule has 2 aromatic rings. The maximum Gasteiger partial charge on any atom is 0.263 e. The molecule has 2 rings (SSSR count). The van der Waals surface area contributed by atoms with Gasteiger partial charge in [-0.15, -0.1) is 0 Å². The molecule has 0 aliphatic heterocycles. The van der Waals surface area contributed by atoms with E-state index in [0.29, 0.717) is 22.5 Å². The number of nitrogens with one attached hydrogen (secondary N) is 2. The summed E-state index contributed by atoms with van der Waals surface area (Å²) >= 11 is 5.76. The zero-order valence-corrected chi connectivity index (χ0v) is 12.1. The van der Waals surface area contributed by atoms with Crippen LogP contribution in [0.1, 0.15) is 25.5 Å². The lowest BCUT2D eigenvalue weighted by atomic mass is 10.1. The molecular weight excluding hydrogens is 278 g/mol. The number of amides is 1. The van der Waals surface area contributed by atoms with Crippen LogP contribution >= 0.6 is 11.6 Å². The average Bonchev–Trinajstić information content (AvgIpc) is 2.87. The van der Waals surface area contributed by atoms with Crippen molar-refractivity contribution in [2.75, 3.05) is 11.9 Å². The molecule has 0 saturated carbocycles. The summed E-state index contributed by atoms with van der Waals surface area (Å²) in [6, 6.07) is 8.64. The van der Waals surface area contributed by atoms with E-state index in [1.54, 1.807) is 24.3 Å².